The Kier molecular flexibility index (Phi) is 5.38. The molecule has 2 saturated heterocycles. The summed E-state index contributed by atoms with van der Waals surface area (Å²) in [6.07, 6.45) is 6.95. The van der Waals surface area contributed by atoms with E-state index in [0.29, 0.717) is 13.2 Å². The van der Waals surface area contributed by atoms with E-state index in [1.165, 1.54) is 17.7 Å². The fourth-order valence-electron chi connectivity index (χ4n) is 4.13. The van der Waals surface area contributed by atoms with Crippen LogP contribution >= 0.6 is 0 Å². The average molecular weight is 338 g/mol. The predicted molar refractivity (Wildman–Crippen MR) is 85.3 cm³/mol. The number of hydrogen-bond acceptors (Lipinski definition) is 4. The number of rotatable bonds is 3. The van der Waals surface area contributed by atoms with Gasteiger partial charge in [-0.15, -0.1) is 0 Å². The summed E-state index contributed by atoms with van der Waals surface area (Å²) in [7, 11) is 0. The van der Waals surface area contributed by atoms with Gasteiger partial charge in [-0.2, -0.15) is 0 Å². The van der Waals surface area contributed by atoms with Gasteiger partial charge in [-0.3, -0.25) is 9.59 Å². The van der Waals surface area contributed by atoms with Crippen molar-refractivity contribution in [3.05, 3.63) is 0 Å². The summed E-state index contributed by atoms with van der Waals surface area (Å²) in [5.41, 5.74) is 0. The van der Waals surface area contributed by atoms with E-state index in [9.17, 15) is 19.5 Å². The summed E-state index contributed by atoms with van der Waals surface area (Å²) < 4.78 is 5.19. The van der Waals surface area contributed by atoms with Crippen LogP contribution in [0, 0.1) is 5.92 Å². The average Bonchev–Trinajstić information content (AvgIpc) is 2.80. The molecule has 0 aromatic rings. The lowest BCUT2D eigenvalue weighted by molar-refractivity contribution is -0.160. The molecule has 0 aromatic carbocycles. The second-order valence-electron chi connectivity index (χ2n) is 7.05. The van der Waals surface area contributed by atoms with E-state index in [0.717, 1.165) is 25.7 Å². The van der Waals surface area contributed by atoms with Crippen molar-refractivity contribution in [1.29, 1.82) is 0 Å². The van der Waals surface area contributed by atoms with Gasteiger partial charge in [0.1, 0.15) is 0 Å². The quantitative estimate of drug-likeness (QED) is 0.772. The molecule has 0 unspecified atom stereocenters. The smallest absolute Gasteiger partial charge is 0.328 e. The molecule has 3 rings (SSSR count). The van der Waals surface area contributed by atoms with Gasteiger partial charge < -0.3 is 19.6 Å². The van der Waals surface area contributed by atoms with Crippen LogP contribution in [0.5, 0.6) is 0 Å². The number of carbonyl (C=O) groups is 3. The summed E-state index contributed by atoms with van der Waals surface area (Å²) in [6.45, 7) is 1.09. The van der Waals surface area contributed by atoms with Crippen LogP contribution in [-0.4, -0.2) is 71.1 Å². The van der Waals surface area contributed by atoms with Gasteiger partial charge in [-0.05, 0) is 12.8 Å². The Morgan fingerprint density at radius 2 is 1.83 bits per heavy atom. The first-order valence-electron chi connectivity index (χ1n) is 8.98. The van der Waals surface area contributed by atoms with Crippen LogP contribution in [0.4, 0.5) is 0 Å². The number of amides is 2. The minimum Gasteiger partial charge on any atom is -0.480 e. The summed E-state index contributed by atoms with van der Waals surface area (Å²) in [5.74, 6) is -1.63. The van der Waals surface area contributed by atoms with Crippen molar-refractivity contribution in [3.8, 4) is 0 Å². The first-order chi connectivity index (χ1) is 11.6. The van der Waals surface area contributed by atoms with Crippen molar-refractivity contribution in [2.45, 2.75) is 57.0 Å². The second-order valence-corrected chi connectivity index (χ2v) is 7.05. The van der Waals surface area contributed by atoms with Crippen molar-refractivity contribution < 1.29 is 24.2 Å². The number of carboxylic acid groups (broad SMARTS) is 1. The van der Waals surface area contributed by atoms with Gasteiger partial charge in [0.25, 0.3) is 0 Å². The zero-order chi connectivity index (χ0) is 17.1. The number of hydrogen-bond donors (Lipinski definition) is 1. The standard InChI is InChI=1S/C17H26N2O5/c20-15-9-12(10-19(15)13-5-3-1-2-4-6-13)16(21)18-7-8-24-11-14(18)17(22)23/h12-14H,1-11H2,(H,22,23)/t12-,14+/m1/s1. The minimum atomic E-state index is -1.05. The number of ether oxygens (including phenoxy) is 1. The molecule has 2 atom stereocenters. The summed E-state index contributed by atoms with van der Waals surface area (Å²) in [6, 6.07) is -0.689. The van der Waals surface area contributed by atoms with Gasteiger partial charge >= 0.3 is 5.97 Å². The van der Waals surface area contributed by atoms with Crippen LogP contribution < -0.4 is 0 Å². The monoisotopic (exact) mass is 338 g/mol. The Balaban J connectivity index is 1.65. The van der Waals surface area contributed by atoms with E-state index >= 15 is 0 Å². The molecule has 0 bridgehead atoms. The predicted octanol–water partition coefficient (Wildman–Crippen LogP) is 0.870. The van der Waals surface area contributed by atoms with Crippen LogP contribution in [0.3, 0.4) is 0 Å². The van der Waals surface area contributed by atoms with Gasteiger partial charge in [-0.25, -0.2) is 4.79 Å². The van der Waals surface area contributed by atoms with E-state index < -0.39 is 17.9 Å². The van der Waals surface area contributed by atoms with Crippen molar-refractivity contribution in [1.82, 2.24) is 9.80 Å². The molecule has 1 aliphatic carbocycles. The molecule has 24 heavy (non-hydrogen) atoms. The number of likely N-dealkylation sites (tertiary alicyclic amines) is 1. The lowest BCUT2D eigenvalue weighted by atomic mass is 10.0. The van der Waals surface area contributed by atoms with Crippen LogP contribution in [0.15, 0.2) is 0 Å². The zero-order valence-corrected chi connectivity index (χ0v) is 14.0. The largest absolute Gasteiger partial charge is 0.480 e. The Labute approximate surface area is 141 Å². The van der Waals surface area contributed by atoms with E-state index in [-0.39, 0.29) is 37.4 Å². The first-order valence-corrected chi connectivity index (χ1v) is 8.98. The lowest BCUT2D eigenvalue weighted by Gasteiger charge is -2.34. The molecule has 0 radical (unpaired) electrons. The van der Waals surface area contributed by atoms with Crippen molar-refractivity contribution >= 4 is 17.8 Å². The number of carbonyl (C=O) groups excluding carboxylic acids is 2. The zero-order valence-electron chi connectivity index (χ0n) is 14.0. The van der Waals surface area contributed by atoms with Crippen molar-refractivity contribution in [3.63, 3.8) is 0 Å². The van der Waals surface area contributed by atoms with Gasteiger partial charge in [0.2, 0.25) is 11.8 Å². The molecule has 3 fully saturated rings. The fourth-order valence-corrected chi connectivity index (χ4v) is 4.13. The van der Waals surface area contributed by atoms with Gasteiger partial charge in [-0.1, -0.05) is 25.7 Å². The van der Waals surface area contributed by atoms with E-state index in [4.69, 9.17) is 4.74 Å². The Hall–Kier alpha value is -1.63. The van der Waals surface area contributed by atoms with E-state index in [1.807, 2.05) is 4.90 Å². The number of aliphatic carboxylic acids is 1. The molecular weight excluding hydrogens is 312 g/mol. The molecule has 0 spiro atoms. The third-order valence-corrected chi connectivity index (χ3v) is 5.47. The Morgan fingerprint density at radius 1 is 1.12 bits per heavy atom. The van der Waals surface area contributed by atoms with E-state index in [1.54, 1.807) is 0 Å². The highest BCUT2D eigenvalue weighted by Crippen LogP contribution is 2.29. The highest BCUT2D eigenvalue weighted by Gasteiger charge is 2.42. The Morgan fingerprint density at radius 3 is 2.50 bits per heavy atom. The molecular formula is C17H26N2O5. The molecule has 2 aliphatic heterocycles. The number of morpholine rings is 1. The second kappa shape index (κ2) is 7.51. The molecule has 2 amide bonds. The molecule has 134 valence electrons. The molecule has 1 N–H and O–H groups in total. The normalized spacial score (nSPS) is 29.6. The maximum Gasteiger partial charge on any atom is 0.328 e. The van der Waals surface area contributed by atoms with Crippen LogP contribution in [-0.2, 0) is 19.1 Å². The highest BCUT2D eigenvalue weighted by atomic mass is 16.5. The summed E-state index contributed by atoms with van der Waals surface area (Å²) in [4.78, 5) is 39.8. The molecule has 1 saturated carbocycles. The minimum absolute atomic E-state index is 0.0219. The first kappa shape index (κ1) is 17.2. The van der Waals surface area contributed by atoms with E-state index in [2.05, 4.69) is 0 Å². The van der Waals surface area contributed by atoms with Crippen LogP contribution in [0.1, 0.15) is 44.9 Å². The van der Waals surface area contributed by atoms with Crippen LogP contribution in [0.2, 0.25) is 0 Å². The molecule has 3 aliphatic rings. The molecule has 2 heterocycles. The molecule has 7 nitrogen and oxygen atoms in total. The van der Waals surface area contributed by atoms with Crippen molar-refractivity contribution in [2.75, 3.05) is 26.3 Å². The van der Waals surface area contributed by atoms with Gasteiger partial charge in [0.15, 0.2) is 6.04 Å². The third-order valence-electron chi connectivity index (χ3n) is 5.47. The maximum absolute atomic E-state index is 12.8. The van der Waals surface area contributed by atoms with Gasteiger partial charge in [0.05, 0.1) is 19.1 Å². The molecule has 7 heteroatoms. The summed E-state index contributed by atoms with van der Waals surface area (Å²) >= 11 is 0. The van der Waals surface area contributed by atoms with Crippen molar-refractivity contribution in [2.24, 2.45) is 5.92 Å². The lowest BCUT2D eigenvalue weighted by Crippen LogP contribution is -2.54. The van der Waals surface area contributed by atoms with Gasteiger partial charge in [0, 0.05) is 25.6 Å². The fraction of sp³-hybridized carbons (Fsp3) is 0.824. The number of carboxylic acids is 1. The summed E-state index contributed by atoms with van der Waals surface area (Å²) in [5, 5.41) is 9.29. The van der Waals surface area contributed by atoms with Crippen LogP contribution in [0.25, 0.3) is 0 Å². The maximum atomic E-state index is 12.8. The highest BCUT2D eigenvalue weighted by molar-refractivity contribution is 5.91. The third kappa shape index (κ3) is 3.55. The topological polar surface area (TPSA) is 87.1 Å². The molecule has 0 aromatic heterocycles. The number of nitrogens with zero attached hydrogens (tertiary/aromatic N) is 2. The SMILES string of the molecule is O=C(O)[C@@H]1COCCN1C(=O)[C@@H]1CC(=O)N(C2CCCCCC2)C1. The Bertz CT molecular complexity index is 501.